The molecule has 10 rings (SSSR count). The molecule has 0 N–H and O–H groups in total. The number of piperidine rings is 2. The smallest absolute Gasteiger partial charge is 0.419 e. The van der Waals surface area contributed by atoms with Crippen molar-refractivity contribution < 1.29 is 65.2 Å². The third kappa shape index (κ3) is 12.4. The number of carbonyl (C=O) groups excluding carboxylic acids is 4. The Morgan fingerprint density at radius 3 is 1.17 bits per heavy atom. The molecule has 2 saturated carbocycles. The Bertz CT molecular complexity index is 3150. The first-order valence-corrected chi connectivity index (χ1v) is 27.9. The SMILES string of the molecule is COC(=O)c1ccc([C@H]2CC3(CCN2Cc2c(OC)cc(C)c4c2ccn4C(=O)OC(C)(C)C)CC(F)(F)C3)cc1.COC(=O)c1ccc([C@H]2CC3(CCN2Cc2c(OC)cc(C)c4c2ccn4C(=O)OC(C)(C)C)CC(F)(F)C3)cc1. The largest absolute Gasteiger partial charge is 0.496 e. The molecule has 2 aliphatic carbocycles. The van der Waals surface area contributed by atoms with Gasteiger partial charge in [0.25, 0.3) is 0 Å². The van der Waals surface area contributed by atoms with E-state index in [9.17, 15) is 36.7 Å². The van der Waals surface area contributed by atoms with Crippen LogP contribution in [0.25, 0.3) is 21.8 Å². The zero-order chi connectivity index (χ0) is 59.5. The number of rotatable bonds is 10. The van der Waals surface area contributed by atoms with Gasteiger partial charge in [0, 0.05) is 85.1 Å². The number of methoxy groups -OCH3 is 4. The third-order valence-corrected chi connectivity index (χ3v) is 16.8. The molecule has 2 atom stereocenters. The minimum atomic E-state index is -2.61. The van der Waals surface area contributed by atoms with E-state index in [1.54, 1.807) is 50.9 Å². The Balaban J connectivity index is 0.000000198. The van der Waals surface area contributed by atoms with Gasteiger partial charge < -0.3 is 28.4 Å². The summed E-state index contributed by atoms with van der Waals surface area (Å²) >= 11 is 0. The van der Waals surface area contributed by atoms with Gasteiger partial charge in [-0.15, -0.1) is 0 Å². The number of aromatic nitrogens is 2. The summed E-state index contributed by atoms with van der Waals surface area (Å²) in [6, 6.07) is 21.8. The first kappa shape index (κ1) is 59.7. The number of alkyl halides is 4. The number of hydrogen-bond acceptors (Lipinski definition) is 12. The van der Waals surface area contributed by atoms with E-state index in [0.29, 0.717) is 74.5 Å². The second-order valence-electron chi connectivity index (χ2n) is 25.1. The zero-order valence-corrected chi connectivity index (χ0v) is 49.1. The summed E-state index contributed by atoms with van der Waals surface area (Å²) in [6.07, 6.45) is 4.68. The molecule has 4 fully saturated rings. The normalized spacial score (nSPS) is 20.0. The lowest BCUT2D eigenvalue weighted by Crippen LogP contribution is -2.53. The van der Waals surface area contributed by atoms with E-state index in [0.717, 1.165) is 55.2 Å². The maximum absolute atomic E-state index is 14.1. The van der Waals surface area contributed by atoms with Crippen LogP contribution >= 0.6 is 0 Å². The summed E-state index contributed by atoms with van der Waals surface area (Å²) in [5, 5.41) is 1.76. The van der Waals surface area contributed by atoms with E-state index < -0.39 is 58.0 Å². The lowest BCUT2D eigenvalue weighted by atomic mass is 9.59. The van der Waals surface area contributed by atoms with Crippen molar-refractivity contribution in [3.8, 4) is 11.5 Å². The Morgan fingerprint density at radius 2 is 0.878 bits per heavy atom. The van der Waals surface area contributed by atoms with Crippen molar-refractivity contribution in [1.82, 2.24) is 18.9 Å². The highest BCUT2D eigenvalue weighted by atomic mass is 19.3. The number of carbonyl (C=O) groups is 4. The summed E-state index contributed by atoms with van der Waals surface area (Å²) < 4.78 is 92.0. The van der Waals surface area contributed by atoms with Gasteiger partial charge in [0.1, 0.15) is 22.7 Å². The standard InChI is InChI=1S/2C32H38F2N2O5/c2*1-20-15-26(39-5)24(23-11-13-36(27(20)23)29(38)41-30(2,3)4)17-35-14-12-31(18-32(33,34)19-31)16-25(35)21-7-9-22(10-8-21)28(37)40-6/h2*7-11,13,15,25H,12,14,16-19H2,1-6H3/t2*25-/m11/s1. The molecule has 4 aliphatic rings. The molecule has 4 heterocycles. The lowest BCUT2D eigenvalue weighted by molar-refractivity contribution is -0.186. The predicted octanol–water partition coefficient (Wildman–Crippen LogP) is 14.6. The molecule has 2 aromatic heterocycles. The van der Waals surface area contributed by atoms with E-state index in [4.69, 9.17) is 28.4 Å². The average molecular weight is 1140 g/mol. The molecular weight excluding hydrogens is 1060 g/mol. The van der Waals surface area contributed by atoms with Crippen LogP contribution in [0.15, 0.2) is 85.2 Å². The first-order valence-electron chi connectivity index (χ1n) is 27.9. The van der Waals surface area contributed by atoms with Gasteiger partial charge in [-0.2, -0.15) is 0 Å². The lowest BCUT2D eigenvalue weighted by Gasteiger charge is -2.54. The molecule has 440 valence electrons. The molecule has 2 saturated heterocycles. The van der Waals surface area contributed by atoms with Gasteiger partial charge in [0.05, 0.1) is 50.6 Å². The van der Waals surface area contributed by atoms with Crippen molar-refractivity contribution in [1.29, 1.82) is 0 Å². The molecule has 0 bridgehead atoms. The van der Waals surface area contributed by atoms with Crippen molar-refractivity contribution in [3.05, 3.63) is 130 Å². The number of esters is 2. The number of halogens is 4. The van der Waals surface area contributed by atoms with Crippen LogP contribution in [0.3, 0.4) is 0 Å². The van der Waals surface area contributed by atoms with E-state index in [1.165, 1.54) is 23.4 Å². The van der Waals surface area contributed by atoms with Gasteiger partial charge >= 0.3 is 24.1 Å². The van der Waals surface area contributed by atoms with Crippen LogP contribution < -0.4 is 9.47 Å². The third-order valence-electron chi connectivity index (χ3n) is 16.8. The van der Waals surface area contributed by atoms with Gasteiger partial charge in [-0.05, 0) is 176 Å². The van der Waals surface area contributed by atoms with Crippen LogP contribution in [-0.2, 0) is 32.0 Å². The maximum atomic E-state index is 14.1. The van der Waals surface area contributed by atoms with Crippen LogP contribution in [0.4, 0.5) is 27.2 Å². The Morgan fingerprint density at radius 1 is 0.537 bits per heavy atom. The Hall–Kier alpha value is -6.92. The number of nitrogens with zero attached hydrogens (tertiary/aromatic N) is 4. The fourth-order valence-electron chi connectivity index (χ4n) is 13.2. The molecule has 0 unspecified atom stereocenters. The molecule has 18 heteroatoms. The zero-order valence-electron chi connectivity index (χ0n) is 49.1. The highest BCUT2D eigenvalue weighted by Crippen LogP contribution is 2.62. The Labute approximate surface area is 476 Å². The summed E-state index contributed by atoms with van der Waals surface area (Å²) in [4.78, 5) is 54.7. The second kappa shape index (κ2) is 22.3. The minimum Gasteiger partial charge on any atom is -0.496 e. The number of benzene rings is 4. The number of aryl methyl sites for hydroxylation is 2. The van der Waals surface area contributed by atoms with Gasteiger partial charge in [-0.25, -0.2) is 36.7 Å². The summed E-state index contributed by atoms with van der Waals surface area (Å²) in [5.41, 5.74) is 5.79. The fraction of sp³-hybridized carbons (Fsp3) is 0.500. The minimum absolute atomic E-state index is 0.0958. The van der Waals surface area contributed by atoms with E-state index in [1.807, 2.05) is 104 Å². The van der Waals surface area contributed by atoms with E-state index >= 15 is 0 Å². The highest BCUT2D eigenvalue weighted by molar-refractivity contribution is 5.96. The molecule has 0 amide bonds. The molecule has 14 nitrogen and oxygen atoms in total. The van der Waals surface area contributed by atoms with Crippen molar-refractivity contribution in [2.24, 2.45) is 10.8 Å². The maximum Gasteiger partial charge on any atom is 0.419 e. The summed E-state index contributed by atoms with van der Waals surface area (Å²) in [6.45, 7) is 17.1. The highest BCUT2D eigenvalue weighted by Gasteiger charge is 2.59. The first-order chi connectivity index (χ1) is 38.5. The number of ether oxygens (including phenoxy) is 6. The molecule has 0 radical (unpaired) electrons. The van der Waals surface area contributed by atoms with Crippen molar-refractivity contribution in [2.75, 3.05) is 41.5 Å². The van der Waals surface area contributed by atoms with Gasteiger partial charge in [0.15, 0.2) is 0 Å². The predicted molar refractivity (Wildman–Crippen MR) is 303 cm³/mol. The number of fused-ring (bicyclic) bond motifs is 2. The average Bonchev–Trinajstić information content (AvgIpc) is 4.20. The Kier molecular flexibility index (Phi) is 16.3. The molecule has 6 aromatic rings. The van der Waals surface area contributed by atoms with E-state index in [2.05, 4.69) is 9.80 Å². The molecule has 82 heavy (non-hydrogen) atoms. The topological polar surface area (TPSA) is 140 Å². The van der Waals surface area contributed by atoms with Gasteiger partial charge in [0.2, 0.25) is 11.8 Å². The van der Waals surface area contributed by atoms with Crippen molar-refractivity contribution >= 4 is 45.9 Å². The van der Waals surface area contributed by atoms with E-state index in [-0.39, 0.29) is 37.8 Å². The van der Waals surface area contributed by atoms with Gasteiger partial charge in [-0.1, -0.05) is 24.3 Å². The van der Waals surface area contributed by atoms with Crippen LogP contribution in [0.5, 0.6) is 11.5 Å². The quantitative estimate of drug-likeness (QED) is 0.0732. The molecule has 4 aromatic carbocycles. The molecule has 2 spiro atoms. The second-order valence-corrected chi connectivity index (χ2v) is 25.1. The van der Waals surface area contributed by atoms with Crippen molar-refractivity contribution in [3.63, 3.8) is 0 Å². The number of hydrogen-bond donors (Lipinski definition) is 0. The molecular formula is C64H76F4N4O10. The van der Waals surface area contributed by atoms with Gasteiger partial charge in [-0.3, -0.25) is 18.9 Å². The van der Waals surface area contributed by atoms with Crippen LogP contribution in [0.2, 0.25) is 0 Å². The summed E-state index contributed by atoms with van der Waals surface area (Å²) in [7, 11) is 5.93. The van der Waals surface area contributed by atoms with Crippen LogP contribution in [-0.4, -0.2) is 108 Å². The monoisotopic (exact) mass is 1140 g/mol. The van der Waals surface area contributed by atoms with Crippen molar-refractivity contribution in [2.45, 2.75) is 155 Å². The number of likely N-dealkylation sites (tertiary alicyclic amines) is 2. The fourth-order valence-corrected chi connectivity index (χ4v) is 13.2. The summed E-state index contributed by atoms with van der Waals surface area (Å²) in [5.74, 6) is -4.67. The van der Waals surface area contributed by atoms with Crippen LogP contribution in [0.1, 0.15) is 159 Å². The molecule has 2 aliphatic heterocycles. The van der Waals surface area contributed by atoms with Crippen LogP contribution in [0, 0.1) is 24.7 Å².